The van der Waals surface area contributed by atoms with Crippen molar-refractivity contribution in [3.8, 4) is 11.5 Å². The molecule has 1 atom stereocenters. The van der Waals surface area contributed by atoms with E-state index in [2.05, 4.69) is 5.32 Å². The molecule has 1 aliphatic rings. The van der Waals surface area contributed by atoms with Crippen LogP contribution in [0.5, 0.6) is 11.5 Å². The predicted molar refractivity (Wildman–Crippen MR) is 103 cm³/mol. The van der Waals surface area contributed by atoms with Gasteiger partial charge in [-0.3, -0.25) is 9.59 Å². The van der Waals surface area contributed by atoms with Crippen molar-refractivity contribution in [3.05, 3.63) is 54.1 Å². The molecule has 0 saturated heterocycles. The second kappa shape index (κ2) is 8.58. The normalized spacial score (nSPS) is 15.5. The molecule has 142 valence electrons. The zero-order chi connectivity index (χ0) is 19.2. The summed E-state index contributed by atoms with van der Waals surface area (Å²) in [6, 6.07) is 14.8. The van der Waals surface area contributed by atoms with Crippen molar-refractivity contribution in [2.45, 2.75) is 26.4 Å². The molecule has 2 aromatic rings. The third kappa shape index (κ3) is 4.58. The van der Waals surface area contributed by atoms with Crippen molar-refractivity contribution in [2.75, 3.05) is 24.6 Å². The maximum atomic E-state index is 12.8. The Morgan fingerprint density at radius 1 is 1.22 bits per heavy atom. The minimum absolute atomic E-state index is 0.110. The lowest BCUT2D eigenvalue weighted by Crippen LogP contribution is -2.51. The van der Waals surface area contributed by atoms with Crippen LogP contribution in [-0.2, 0) is 9.59 Å². The van der Waals surface area contributed by atoms with Gasteiger partial charge in [0.05, 0.1) is 12.2 Å². The fraction of sp³-hybridized carbons (Fsp3) is 0.333. The number of carbonyl (C=O) groups is 2. The third-order valence-electron chi connectivity index (χ3n) is 4.27. The van der Waals surface area contributed by atoms with Crippen molar-refractivity contribution in [1.29, 1.82) is 0 Å². The molecule has 0 unspecified atom stereocenters. The van der Waals surface area contributed by atoms with Crippen molar-refractivity contribution in [2.24, 2.45) is 0 Å². The van der Waals surface area contributed by atoms with Crippen LogP contribution < -0.4 is 19.7 Å². The van der Waals surface area contributed by atoms with Crippen molar-refractivity contribution in [3.63, 3.8) is 0 Å². The summed E-state index contributed by atoms with van der Waals surface area (Å²) in [6.07, 6.45) is 0.0940. The Labute approximate surface area is 159 Å². The lowest BCUT2D eigenvalue weighted by Gasteiger charge is -2.34. The molecule has 0 aromatic heterocycles. The number of benzene rings is 2. The second-order valence-corrected chi connectivity index (χ2v) is 6.47. The first-order chi connectivity index (χ1) is 13.1. The van der Waals surface area contributed by atoms with E-state index in [1.54, 1.807) is 17.0 Å². The van der Waals surface area contributed by atoms with Gasteiger partial charge in [0.2, 0.25) is 0 Å². The molecule has 1 N–H and O–H groups in total. The van der Waals surface area contributed by atoms with Crippen LogP contribution in [0.4, 0.5) is 5.69 Å². The smallest absolute Gasteiger partial charge is 0.265 e. The average molecular weight is 368 g/mol. The first-order valence-electron chi connectivity index (χ1n) is 9.11. The van der Waals surface area contributed by atoms with Crippen LogP contribution in [0.15, 0.2) is 48.5 Å². The minimum atomic E-state index is -0.741. The van der Waals surface area contributed by atoms with E-state index >= 15 is 0 Å². The minimum Gasteiger partial charge on any atom is -0.484 e. The van der Waals surface area contributed by atoms with Gasteiger partial charge in [0, 0.05) is 6.54 Å². The van der Waals surface area contributed by atoms with Crippen molar-refractivity contribution in [1.82, 2.24) is 5.32 Å². The molecule has 0 spiro atoms. The zero-order valence-electron chi connectivity index (χ0n) is 15.6. The number of ether oxygens (including phenoxy) is 2. The van der Waals surface area contributed by atoms with Crippen LogP contribution in [-0.4, -0.2) is 37.6 Å². The standard InChI is InChI=1S/C21H24N2O4/c1-3-11-22-21(25)19-13-23(17-9-4-5-10-18(17)27-19)20(24)14-26-16-8-6-7-15(2)12-16/h4-10,12,19H,3,11,13-14H2,1-2H3,(H,22,25)/t19-/m1/s1. The largest absolute Gasteiger partial charge is 0.484 e. The van der Waals surface area contributed by atoms with Crippen molar-refractivity contribution >= 4 is 17.5 Å². The number of para-hydroxylation sites is 2. The third-order valence-corrected chi connectivity index (χ3v) is 4.27. The van der Waals surface area contributed by atoms with Crippen LogP contribution in [0, 0.1) is 6.92 Å². The van der Waals surface area contributed by atoms with E-state index in [1.165, 1.54) is 0 Å². The first-order valence-corrected chi connectivity index (χ1v) is 9.11. The number of rotatable bonds is 6. The Bertz CT molecular complexity index is 821. The van der Waals surface area contributed by atoms with Gasteiger partial charge in [0.25, 0.3) is 11.8 Å². The number of aryl methyl sites for hydroxylation is 1. The summed E-state index contributed by atoms with van der Waals surface area (Å²) in [6.45, 7) is 4.57. The molecule has 2 amide bonds. The molecule has 1 heterocycles. The zero-order valence-corrected chi connectivity index (χ0v) is 15.6. The molecular weight excluding hydrogens is 344 g/mol. The van der Waals surface area contributed by atoms with E-state index in [4.69, 9.17) is 9.47 Å². The molecule has 0 radical (unpaired) electrons. The number of nitrogens with one attached hydrogen (secondary N) is 1. The first kappa shape index (κ1) is 18.8. The molecule has 0 aliphatic carbocycles. The number of fused-ring (bicyclic) bond motifs is 1. The van der Waals surface area contributed by atoms with Gasteiger partial charge in [0.1, 0.15) is 11.5 Å². The highest BCUT2D eigenvalue weighted by Gasteiger charge is 2.33. The molecule has 0 saturated carbocycles. The topological polar surface area (TPSA) is 67.9 Å². The Kier molecular flexibility index (Phi) is 5.96. The van der Waals surface area contributed by atoms with E-state index in [0.717, 1.165) is 12.0 Å². The van der Waals surface area contributed by atoms with Crippen LogP contribution >= 0.6 is 0 Å². The molecule has 6 heteroatoms. The van der Waals surface area contributed by atoms with E-state index in [9.17, 15) is 9.59 Å². The Morgan fingerprint density at radius 3 is 2.81 bits per heavy atom. The molecule has 3 rings (SSSR count). The van der Waals surface area contributed by atoms with Gasteiger partial charge in [-0.05, 0) is 43.2 Å². The summed E-state index contributed by atoms with van der Waals surface area (Å²) in [7, 11) is 0. The van der Waals surface area contributed by atoms with E-state index in [1.807, 2.05) is 50.2 Å². The molecular formula is C21H24N2O4. The fourth-order valence-corrected chi connectivity index (χ4v) is 2.90. The van der Waals surface area contributed by atoms with Gasteiger partial charge in [-0.2, -0.15) is 0 Å². The van der Waals surface area contributed by atoms with E-state index in [-0.39, 0.29) is 25.0 Å². The van der Waals surface area contributed by atoms with Crippen LogP contribution in [0.2, 0.25) is 0 Å². The number of hydrogen-bond donors (Lipinski definition) is 1. The predicted octanol–water partition coefficient (Wildman–Crippen LogP) is 2.69. The number of amides is 2. The van der Waals surface area contributed by atoms with Gasteiger partial charge < -0.3 is 19.7 Å². The molecule has 1 aliphatic heterocycles. The van der Waals surface area contributed by atoms with Gasteiger partial charge in [-0.1, -0.05) is 31.2 Å². The number of anilines is 1. The lowest BCUT2D eigenvalue weighted by atomic mass is 10.1. The monoisotopic (exact) mass is 368 g/mol. The highest BCUT2D eigenvalue weighted by atomic mass is 16.5. The quantitative estimate of drug-likeness (QED) is 0.851. The lowest BCUT2D eigenvalue weighted by molar-refractivity contribution is -0.128. The number of nitrogens with zero attached hydrogens (tertiary/aromatic N) is 1. The fourth-order valence-electron chi connectivity index (χ4n) is 2.90. The Hall–Kier alpha value is -3.02. The van der Waals surface area contributed by atoms with E-state index < -0.39 is 6.10 Å². The number of carbonyl (C=O) groups excluding carboxylic acids is 2. The number of hydrogen-bond acceptors (Lipinski definition) is 4. The Balaban J connectivity index is 1.73. The molecule has 6 nitrogen and oxygen atoms in total. The van der Waals surface area contributed by atoms with Gasteiger partial charge in [0.15, 0.2) is 12.7 Å². The van der Waals surface area contributed by atoms with Crippen LogP contribution in [0.25, 0.3) is 0 Å². The second-order valence-electron chi connectivity index (χ2n) is 6.47. The highest BCUT2D eigenvalue weighted by Crippen LogP contribution is 2.33. The molecule has 0 bridgehead atoms. The molecule has 0 fully saturated rings. The summed E-state index contributed by atoms with van der Waals surface area (Å²) in [4.78, 5) is 26.7. The maximum Gasteiger partial charge on any atom is 0.265 e. The summed E-state index contributed by atoms with van der Waals surface area (Å²) >= 11 is 0. The summed E-state index contributed by atoms with van der Waals surface area (Å²) < 4.78 is 11.4. The molecule has 2 aromatic carbocycles. The maximum absolute atomic E-state index is 12.8. The summed E-state index contributed by atoms with van der Waals surface area (Å²) in [5.74, 6) is 0.718. The van der Waals surface area contributed by atoms with Crippen molar-refractivity contribution < 1.29 is 19.1 Å². The average Bonchev–Trinajstić information content (AvgIpc) is 2.69. The molecule has 27 heavy (non-hydrogen) atoms. The van der Waals surface area contributed by atoms with Crippen LogP contribution in [0.3, 0.4) is 0 Å². The van der Waals surface area contributed by atoms with Gasteiger partial charge in [-0.25, -0.2) is 0 Å². The highest BCUT2D eigenvalue weighted by molar-refractivity contribution is 5.98. The van der Waals surface area contributed by atoms with E-state index in [0.29, 0.717) is 23.7 Å². The summed E-state index contributed by atoms with van der Waals surface area (Å²) in [5, 5.41) is 2.82. The summed E-state index contributed by atoms with van der Waals surface area (Å²) in [5.41, 5.74) is 1.71. The SMILES string of the molecule is CCCNC(=O)[C@H]1CN(C(=O)COc2cccc(C)c2)c2ccccc2O1. The Morgan fingerprint density at radius 2 is 2.04 bits per heavy atom. The van der Waals surface area contributed by atoms with Gasteiger partial charge in [-0.15, -0.1) is 0 Å². The van der Waals surface area contributed by atoms with Crippen LogP contribution in [0.1, 0.15) is 18.9 Å². The van der Waals surface area contributed by atoms with Gasteiger partial charge >= 0.3 is 0 Å².